The largest absolute Gasteiger partial charge is 0.317 e. The van der Waals surface area contributed by atoms with Gasteiger partial charge in [0, 0.05) is 12.1 Å². The molecule has 506 valence electrons. The van der Waals surface area contributed by atoms with Crippen molar-refractivity contribution < 1.29 is 0 Å². The summed E-state index contributed by atoms with van der Waals surface area (Å²) >= 11 is 0. The first-order valence-electron chi connectivity index (χ1n) is 40.1. The van der Waals surface area contributed by atoms with E-state index in [0.717, 1.165) is 64.4 Å². The predicted octanol–water partition coefficient (Wildman–Crippen LogP) is 23.5. The second-order valence-electron chi connectivity index (χ2n) is 27.5. The third-order valence-electron chi connectivity index (χ3n) is 18.9. The summed E-state index contributed by atoms with van der Waals surface area (Å²) in [6, 6.07) is 1.46. The summed E-state index contributed by atoms with van der Waals surface area (Å²) in [4.78, 5) is 0. The molecule has 0 atom stereocenters. The second-order valence-corrected chi connectivity index (χ2v) is 27.5. The molecule has 0 saturated carbocycles. The maximum absolute atomic E-state index is 4.04. The molecule has 0 aliphatic carbocycles. The Morgan fingerprint density at radius 1 is 0.143 bits per heavy atom. The second kappa shape index (κ2) is 78.9. The molecule has 0 bridgehead atoms. The number of rotatable bonds is 79. The van der Waals surface area contributed by atoms with Crippen molar-refractivity contribution in [3.63, 3.8) is 0 Å². The quantitative estimate of drug-likeness (QED) is 0.0341. The normalized spacial score (nSPS) is 11.9. The third kappa shape index (κ3) is 74.2. The molecule has 6 N–H and O–H groups in total. The van der Waals surface area contributed by atoms with Gasteiger partial charge in [-0.1, -0.05) is 362 Å². The lowest BCUT2D eigenvalue weighted by molar-refractivity contribution is 0.406. The molecule has 0 radical (unpaired) electrons. The van der Waals surface area contributed by atoms with Crippen LogP contribution in [0.2, 0.25) is 0 Å². The highest BCUT2D eigenvalue weighted by molar-refractivity contribution is 4.70. The monoisotopic (exact) mass is 1190 g/mol. The highest BCUT2D eigenvalue weighted by atomic mass is 14.9. The van der Waals surface area contributed by atoms with Gasteiger partial charge in [0.05, 0.1) is 0 Å². The summed E-state index contributed by atoms with van der Waals surface area (Å²) < 4.78 is 0. The molecule has 0 spiro atoms. The van der Waals surface area contributed by atoms with Crippen LogP contribution in [0.3, 0.4) is 0 Å². The van der Waals surface area contributed by atoms with Crippen molar-refractivity contribution in [1.29, 1.82) is 0 Å². The van der Waals surface area contributed by atoms with E-state index < -0.39 is 0 Å². The zero-order valence-corrected chi connectivity index (χ0v) is 59.1. The molecule has 84 heavy (non-hydrogen) atoms. The summed E-state index contributed by atoms with van der Waals surface area (Å²) in [6.45, 7) is 20.8. The SMILES string of the molecule is CCCCCCCCCCCCCCCC(CCCCCCCCCCCCCCC)NCCCNCCCNCCCCNCCCNCCCNC(CCCCCCCCCCCCCCC)CCCCCCCCCCCCCCC. The first-order chi connectivity index (χ1) is 41.8. The first-order valence-corrected chi connectivity index (χ1v) is 40.1. The standard InChI is InChI=1S/C78H164N6/c1-5-9-13-17-21-25-29-33-37-41-45-49-53-63-77(64-54-50-46-42-38-34-30-26-22-18-14-10-6-2)83-75-61-73-81-71-59-69-79-67-57-58-68-80-70-60-72-82-74-62-76-84-78(65-55-51-47-43-39-35-31-27-23-19-15-11-7-3)66-56-52-48-44-40-36-32-28-24-20-16-12-8-4/h77-84H,5-76H2,1-4H3. The lowest BCUT2D eigenvalue weighted by Gasteiger charge is -2.19. The van der Waals surface area contributed by atoms with E-state index in [1.54, 1.807) is 0 Å². The average Bonchev–Trinajstić information content (AvgIpc) is 3.51. The van der Waals surface area contributed by atoms with Crippen LogP contribution in [-0.2, 0) is 0 Å². The fourth-order valence-electron chi connectivity index (χ4n) is 13.0. The van der Waals surface area contributed by atoms with Crippen molar-refractivity contribution in [2.24, 2.45) is 0 Å². The molecule has 0 rings (SSSR count). The smallest absolute Gasteiger partial charge is 0.00670 e. The lowest BCUT2D eigenvalue weighted by Crippen LogP contribution is -2.32. The molecule has 0 saturated heterocycles. The van der Waals surface area contributed by atoms with Crippen LogP contribution in [0.15, 0.2) is 0 Å². The van der Waals surface area contributed by atoms with Gasteiger partial charge in [-0.2, -0.15) is 0 Å². The topological polar surface area (TPSA) is 72.2 Å². The highest BCUT2D eigenvalue weighted by Gasteiger charge is 2.10. The summed E-state index contributed by atoms with van der Waals surface area (Å²) in [5, 5.41) is 23.0. The van der Waals surface area contributed by atoms with E-state index in [1.165, 1.54) is 411 Å². The Bertz CT molecular complexity index is 961. The molecule has 6 nitrogen and oxygen atoms in total. The fourth-order valence-corrected chi connectivity index (χ4v) is 13.0. The van der Waals surface area contributed by atoms with Crippen molar-refractivity contribution in [3.8, 4) is 0 Å². The van der Waals surface area contributed by atoms with Crippen LogP contribution in [0.25, 0.3) is 0 Å². The zero-order chi connectivity index (χ0) is 60.3. The fraction of sp³-hybridized carbons (Fsp3) is 1.00. The van der Waals surface area contributed by atoms with Gasteiger partial charge in [-0.25, -0.2) is 0 Å². The summed E-state index contributed by atoms with van der Waals surface area (Å²) in [7, 11) is 0. The van der Waals surface area contributed by atoms with Gasteiger partial charge in [-0.15, -0.1) is 0 Å². The van der Waals surface area contributed by atoms with E-state index in [1.807, 2.05) is 0 Å². The van der Waals surface area contributed by atoms with Crippen LogP contribution < -0.4 is 31.9 Å². The molecule has 0 aliphatic rings. The Hall–Kier alpha value is -0.240. The van der Waals surface area contributed by atoms with Crippen molar-refractivity contribution in [3.05, 3.63) is 0 Å². The minimum absolute atomic E-state index is 0.732. The Balaban J connectivity index is 4.07. The average molecular weight is 1190 g/mol. The Labute approximate surface area is 532 Å². The third-order valence-corrected chi connectivity index (χ3v) is 18.9. The predicted molar refractivity (Wildman–Crippen MR) is 384 cm³/mol. The molecular formula is C78H164N6. The van der Waals surface area contributed by atoms with Crippen LogP contribution in [0.4, 0.5) is 0 Å². The van der Waals surface area contributed by atoms with Crippen molar-refractivity contribution in [1.82, 2.24) is 31.9 Å². The van der Waals surface area contributed by atoms with Gasteiger partial charge >= 0.3 is 0 Å². The van der Waals surface area contributed by atoms with Crippen molar-refractivity contribution >= 4 is 0 Å². The highest BCUT2D eigenvalue weighted by Crippen LogP contribution is 2.20. The van der Waals surface area contributed by atoms with Crippen LogP contribution >= 0.6 is 0 Å². The molecule has 0 aromatic rings. The summed E-state index contributed by atoms with van der Waals surface area (Å²) in [6.07, 6.45) is 88.4. The molecule has 0 fully saturated rings. The summed E-state index contributed by atoms with van der Waals surface area (Å²) in [5.41, 5.74) is 0. The van der Waals surface area contributed by atoms with E-state index >= 15 is 0 Å². The van der Waals surface area contributed by atoms with Gasteiger partial charge in [-0.3, -0.25) is 0 Å². The van der Waals surface area contributed by atoms with Gasteiger partial charge in [0.2, 0.25) is 0 Å². The molecule has 6 heteroatoms. The van der Waals surface area contributed by atoms with Crippen molar-refractivity contribution in [2.75, 3.05) is 65.4 Å². The van der Waals surface area contributed by atoms with Gasteiger partial charge in [0.25, 0.3) is 0 Å². The van der Waals surface area contributed by atoms with E-state index in [0.29, 0.717) is 0 Å². The van der Waals surface area contributed by atoms with E-state index in [-0.39, 0.29) is 0 Å². The zero-order valence-electron chi connectivity index (χ0n) is 59.1. The Morgan fingerprint density at radius 2 is 0.286 bits per heavy atom. The van der Waals surface area contributed by atoms with E-state index in [2.05, 4.69) is 59.6 Å². The molecule has 0 aromatic carbocycles. The minimum atomic E-state index is 0.732. The lowest BCUT2D eigenvalue weighted by atomic mass is 9.99. The number of unbranched alkanes of at least 4 members (excludes halogenated alkanes) is 49. The van der Waals surface area contributed by atoms with Crippen LogP contribution in [0.5, 0.6) is 0 Å². The van der Waals surface area contributed by atoms with Gasteiger partial charge < -0.3 is 31.9 Å². The molecular weight excluding hydrogens is 1020 g/mol. The number of hydrogen-bond acceptors (Lipinski definition) is 6. The van der Waals surface area contributed by atoms with Crippen LogP contribution in [0.1, 0.15) is 426 Å². The minimum Gasteiger partial charge on any atom is -0.317 e. The summed E-state index contributed by atoms with van der Waals surface area (Å²) in [5.74, 6) is 0. The molecule has 0 aromatic heterocycles. The molecule has 0 aliphatic heterocycles. The molecule has 0 heterocycles. The van der Waals surface area contributed by atoms with E-state index in [4.69, 9.17) is 0 Å². The number of nitrogens with one attached hydrogen (secondary N) is 6. The van der Waals surface area contributed by atoms with Crippen LogP contribution in [0, 0.1) is 0 Å². The first kappa shape index (κ1) is 83.8. The maximum Gasteiger partial charge on any atom is 0.00670 e. The molecule has 0 unspecified atom stereocenters. The number of hydrogen-bond donors (Lipinski definition) is 6. The Kier molecular flexibility index (Phi) is 78.6. The van der Waals surface area contributed by atoms with Crippen LogP contribution in [-0.4, -0.2) is 77.5 Å². The van der Waals surface area contributed by atoms with Gasteiger partial charge in [-0.05, 0) is 130 Å². The van der Waals surface area contributed by atoms with Gasteiger partial charge in [0.15, 0.2) is 0 Å². The van der Waals surface area contributed by atoms with E-state index in [9.17, 15) is 0 Å². The van der Waals surface area contributed by atoms with Crippen molar-refractivity contribution in [2.45, 2.75) is 438 Å². The maximum atomic E-state index is 4.04. The van der Waals surface area contributed by atoms with Gasteiger partial charge in [0.1, 0.15) is 0 Å². The molecule has 0 amide bonds. The Morgan fingerprint density at radius 3 is 0.464 bits per heavy atom.